The quantitative estimate of drug-likeness (QED) is 0.0512. The minimum absolute atomic E-state index is 0.183. The molecule has 0 amide bonds. The van der Waals surface area contributed by atoms with Gasteiger partial charge in [-0.3, -0.25) is 0 Å². The Bertz CT molecular complexity index is 5620. The Hall–Kier alpha value is -10.6. The summed E-state index contributed by atoms with van der Waals surface area (Å²) in [5.41, 5.74) is 2.69. The first-order chi connectivity index (χ1) is 41.9. The fourth-order valence-electron chi connectivity index (χ4n) is 14.6. The van der Waals surface area contributed by atoms with Crippen LogP contribution in [0, 0.1) is 99.9 Å². The summed E-state index contributed by atoms with van der Waals surface area (Å²) >= 11 is 0. The van der Waals surface area contributed by atoms with E-state index in [0.717, 1.165) is 107 Å². The zero-order valence-corrected chi connectivity index (χ0v) is 44.4. The Morgan fingerprint density at radius 1 is 0.163 bits per heavy atom. The van der Waals surface area contributed by atoms with Gasteiger partial charge < -0.3 is 0 Å². The zero-order valence-electron chi connectivity index (χ0n) is 44.4. The van der Waals surface area contributed by atoms with Crippen molar-refractivity contribution < 1.29 is 43.9 Å². The van der Waals surface area contributed by atoms with E-state index in [-0.39, 0.29) is 22.3 Å². The van der Waals surface area contributed by atoms with Crippen LogP contribution in [-0.4, -0.2) is 0 Å². The van der Waals surface area contributed by atoms with Crippen LogP contribution in [0.25, 0.3) is 131 Å². The predicted octanol–water partition coefficient (Wildman–Crippen LogP) is 21.2. The normalized spacial score (nSPS) is 12.3. The van der Waals surface area contributed by atoms with Gasteiger partial charge in [-0.2, -0.15) is 0 Å². The molecule has 0 spiro atoms. The second-order valence-electron chi connectivity index (χ2n) is 21.9. The smallest absolute Gasteiger partial charge is 0.200 e. The maximum absolute atomic E-state index is 16.2. The fourth-order valence-corrected chi connectivity index (χ4v) is 14.6. The van der Waals surface area contributed by atoms with Gasteiger partial charge in [0, 0.05) is 0 Å². The molecule has 408 valence electrons. The van der Waals surface area contributed by atoms with E-state index in [1.165, 1.54) is 24.3 Å². The molecule has 10 heteroatoms. The number of fused-ring (bicyclic) bond motifs is 6. The molecule has 86 heavy (non-hydrogen) atoms. The van der Waals surface area contributed by atoms with Gasteiger partial charge in [-0.05, 0) is 162 Å². The third-order valence-corrected chi connectivity index (χ3v) is 17.9. The van der Waals surface area contributed by atoms with E-state index in [1.54, 1.807) is 24.3 Å². The summed E-state index contributed by atoms with van der Waals surface area (Å²) in [6, 6.07) is 64.1. The lowest BCUT2D eigenvalue weighted by molar-refractivity contribution is 0.381. The summed E-state index contributed by atoms with van der Waals surface area (Å²) in [6.45, 7) is 0. The van der Waals surface area contributed by atoms with E-state index in [1.807, 2.05) is 121 Å². The van der Waals surface area contributed by atoms with E-state index in [9.17, 15) is 8.78 Å². The molecule has 0 radical (unpaired) electrons. The van der Waals surface area contributed by atoms with E-state index >= 15 is 35.1 Å². The van der Waals surface area contributed by atoms with Crippen molar-refractivity contribution in [3.05, 3.63) is 306 Å². The van der Waals surface area contributed by atoms with Gasteiger partial charge in [-0.15, -0.1) is 0 Å². The van der Waals surface area contributed by atoms with Gasteiger partial charge >= 0.3 is 0 Å². The van der Waals surface area contributed by atoms with Gasteiger partial charge in [0.25, 0.3) is 0 Å². The van der Waals surface area contributed by atoms with Gasteiger partial charge in [0.15, 0.2) is 46.5 Å². The fraction of sp³-hybridized carbons (Fsp3) is 0. The van der Waals surface area contributed by atoms with Crippen LogP contribution in [0.4, 0.5) is 43.9 Å². The Labute approximate surface area is 479 Å². The molecule has 0 saturated heterocycles. The molecule has 15 aromatic carbocycles. The van der Waals surface area contributed by atoms with Crippen LogP contribution in [-0.2, 0) is 0 Å². The summed E-state index contributed by atoms with van der Waals surface area (Å²) in [5.74, 6) is -20.5. The van der Waals surface area contributed by atoms with Crippen molar-refractivity contribution in [2.45, 2.75) is 0 Å². The topological polar surface area (TPSA) is 0 Å². The highest BCUT2D eigenvalue weighted by atomic mass is 19.2. The number of halogens is 10. The molecule has 2 aliphatic carbocycles. The van der Waals surface area contributed by atoms with Crippen LogP contribution in [0.15, 0.2) is 206 Å². The molecule has 0 fully saturated rings. The minimum Gasteiger partial charge on any atom is -0.203 e. The summed E-state index contributed by atoms with van der Waals surface area (Å²) in [5, 5.41) is 16.6. The summed E-state index contributed by atoms with van der Waals surface area (Å²) in [6.07, 6.45) is 0. The number of benzene rings is 15. The second-order valence-corrected chi connectivity index (χ2v) is 21.9. The SMILES string of the molecule is Fc1c(F)c(F)c(-c2ccccc2-c2c3c(c(-c4ccccc4)c4ccccc24)=c2ccc4c5ccc6c7c(ccc(c8ccc=3c2c48)c75)=c2c(-c3ccccc3)c3ccccc3c(-c3ccccc3-c3c(F)c(F)c(F)c(F)c3F)c2=6)c(F)c1F. The lowest BCUT2D eigenvalue weighted by Gasteiger charge is -2.18. The van der Waals surface area contributed by atoms with Gasteiger partial charge in [0.1, 0.15) is 0 Å². The predicted molar refractivity (Wildman–Crippen MR) is 318 cm³/mol. The van der Waals surface area contributed by atoms with Crippen molar-refractivity contribution in [2.24, 2.45) is 0 Å². The summed E-state index contributed by atoms with van der Waals surface area (Å²) in [7, 11) is 0. The van der Waals surface area contributed by atoms with E-state index in [4.69, 9.17) is 0 Å². The molecular formula is C76H34F10. The molecule has 0 saturated carbocycles. The van der Waals surface area contributed by atoms with E-state index < -0.39 is 69.3 Å². The van der Waals surface area contributed by atoms with Crippen molar-refractivity contribution in [3.63, 3.8) is 0 Å². The molecule has 2 aliphatic rings. The Morgan fingerprint density at radius 3 is 0.698 bits per heavy atom. The molecule has 17 rings (SSSR count). The molecule has 0 bridgehead atoms. The average Bonchev–Trinajstić information content (AvgIpc) is 1.53. The molecule has 0 aromatic heterocycles. The van der Waals surface area contributed by atoms with Crippen LogP contribution in [0.1, 0.15) is 0 Å². The Balaban J connectivity index is 1.05. The van der Waals surface area contributed by atoms with Gasteiger partial charge in [0.2, 0.25) is 11.6 Å². The van der Waals surface area contributed by atoms with Crippen LogP contribution in [0.2, 0.25) is 0 Å². The van der Waals surface area contributed by atoms with Crippen molar-refractivity contribution >= 4 is 64.6 Å². The first-order valence-corrected chi connectivity index (χ1v) is 27.7. The monoisotopic (exact) mass is 1140 g/mol. The van der Waals surface area contributed by atoms with Crippen LogP contribution in [0.5, 0.6) is 0 Å². The van der Waals surface area contributed by atoms with Crippen LogP contribution >= 0.6 is 0 Å². The van der Waals surface area contributed by atoms with Gasteiger partial charge in [-0.25, -0.2) is 43.9 Å². The van der Waals surface area contributed by atoms with Crippen LogP contribution in [0.3, 0.4) is 0 Å². The molecule has 0 heterocycles. The van der Waals surface area contributed by atoms with E-state index in [0.29, 0.717) is 32.3 Å². The molecule has 15 aromatic rings. The highest BCUT2D eigenvalue weighted by molar-refractivity contribution is 6.33. The van der Waals surface area contributed by atoms with Crippen molar-refractivity contribution in [1.29, 1.82) is 0 Å². The zero-order chi connectivity index (χ0) is 58.3. The maximum Gasteiger partial charge on any atom is 0.200 e. The highest BCUT2D eigenvalue weighted by Gasteiger charge is 2.33. The van der Waals surface area contributed by atoms with Crippen molar-refractivity contribution in [3.8, 4) is 66.8 Å². The molecule has 0 aliphatic heterocycles. The highest BCUT2D eigenvalue weighted by Crippen LogP contribution is 2.51. The lowest BCUT2D eigenvalue weighted by Crippen LogP contribution is -2.05. The number of rotatable bonds is 6. The average molecular weight is 1140 g/mol. The molecule has 0 atom stereocenters. The third-order valence-electron chi connectivity index (χ3n) is 17.9. The van der Waals surface area contributed by atoms with Crippen LogP contribution < -0.4 is 0 Å². The largest absolute Gasteiger partial charge is 0.203 e. The molecule has 0 N–H and O–H groups in total. The molecule has 0 nitrogen and oxygen atoms in total. The van der Waals surface area contributed by atoms with E-state index in [2.05, 4.69) is 36.4 Å². The Kier molecular flexibility index (Phi) is 10.4. The lowest BCUT2D eigenvalue weighted by atomic mass is 9.85. The first-order valence-electron chi connectivity index (χ1n) is 27.7. The van der Waals surface area contributed by atoms with Gasteiger partial charge in [-0.1, -0.05) is 206 Å². The summed E-state index contributed by atoms with van der Waals surface area (Å²) in [4.78, 5) is 0. The Morgan fingerprint density at radius 2 is 0.395 bits per heavy atom. The summed E-state index contributed by atoms with van der Waals surface area (Å²) < 4.78 is 155. The first kappa shape index (κ1) is 50.0. The van der Waals surface area contributed by atoms with Crippen molar-refractivity contribution in [1.82, 2.24) is 0 Å². The number of hydrogen-bond donors (Lipinski definition) is 0. The standard InChI is InChI=1S/C76H34F10/c77-67-65(68(78)72(82)75(85)71(67)81)43-25-13-11-23-41(43)57-39-21-9-7-19-37(39)53(35-15-3-1-4-16-35)61-49-31-27-45-48-30-34-52-60-50(32-28-46(56(48)60)47-29-33-51(63(57)61)59(49)55(45)47)62-54(36-17-5-2-6-18-36)38-20-8-10-22-40(38)58(64(52)62)42-24-12-14-26-44(42)66-69(79)73(83)76(86)74(84)70(66)80/h1-34H. The second kappa shape index (κ2) is 18.0. The van der Waals surface area contributed by atoms with Crippen molar-refractivity contribution in [2.75, 3.05) is 0 Å². The molecular weight excluding hydrogens is 1100 g/mol. The minimum atomic E-state index is -2.25. The van der Waals surface area contributed by atoms with Gasteiger partial charge in [0.05, 0.1) is 11.1 Å². The maximum atomic E-state index is 16.2. The number of hydrogen-bond acceptors (Lipinski definition) is 0. The molecule has 0 unspecified atom stereocenters. The third kappa shape index (κ3) is 6.39.